The van der Waals surface area contributed by atoms with Gasteiger partial charge in [-0.3, -0.25) is 9.59 Å². The van der Waals surface area contributed by atoms with Crippen molar-refractivity contribution >= 4 is 38.2 Å². The van der Waals surface area contributed by atoms with Crippen LogP contribution in [0.25, 0.3) is 10.9 Å². The molecule has 0 radical (unpaired) electrons. The van der Waals surface area contributed by atoms with Crippen LogP contribution >= 0.6 is 11.6 Å². The first-order chi connectivity index (χ1) is 11.7. The molecule has 0 spiro atoms. The number of H-pyrrole nitrogens is 1. The van der Waals surface area contributed by atoms with E-state index in [1.54, 1.807) is 18.2 Å². The Balaban J connectivity index is 2.25. The Hall–Kier alpha value is -1.93. The van der Waals surface area contributed by atoms with E-state index in [2.05, 4.69) is 9.97 Å². The summed E-state index contributed by atoms with van der Waals surface area (Å²) in [5.41, 5.74) is 0.142. The van der Waals surface area contributed by atoms with Crippen molar-refractivity contribution in [2.24, 2.45) is 0 Å². The number of hydrogen-bond donors (Lipinski definition) is 1. The van der Waals surface area contributed by atoms with Crippen molar-refractivity contribution in [1.82, 2.24) is 14.9 Å². The number of benzene rings is 1. The van der Waals surface area contributed by atoms with Gasteiger partial charge in [-0.1, -0.05) is 18.5 Å². The molecule has 0 atom stereocenters. The first kappa shape index (κ1) is 19.4. The van der Waals surface area contributed by atoms with E-state index in [9.17, 15) is 18.0 Å². The third-order valence-corrected chi connectivity index (χ3v) is 4.77. The summed E-state index contributed by atoms with van der Waals surface area (Å²) in [4.78, 5) is 33.0. The molecule has 1 aromatic carbocycles. The molecular weight excluding hydrogens is 366 g/mol. The molecule has 0 aliphatic carbocycles. The van der Waals surface area contributed by atoms with E-state index in [1.165, 1.54) is 4.90 Å². The fourth-order valence-corrected chi connectivity index (χ4v) is 3.12. The maximum atomic E-state index is 12.3. The quantitative estimate of drug-likeness (QED) is 0.782. The number of amides is 1. The number of sulfone groups is 1. The smallest absolute Gasteiger partial charge is 0.258 e. The van der Waals surface area contributed by atoms with Gasteiger partial charge >= 0.3 is 0 Å². The second-order valence-corrected chi connectivity index (χ2v) is 8.57. The molecule has 2 rings (SSSR count). The number of halogens is 1. The molecule has 2 aromatic rings. The zero-order chi connectivity index (χ0) is 18.6. The second-order valence-electron chi connectivity index (χ2n) is 5.87. The fourth-order valence-electron chi connectivity index (χ4n) is 2.41. The molecule has 7 nitrogen and oxygen atoms in total. The molecule has 0 fully saturated rings. The highest BCUT2D eigenvalue weighted by atomic mass is 35.5. The molecule has 1 N–H and O–H groups in total. The van der Waals surface area contributed by atoms with E-state index < -0.39 is 9.84 Å². The molecule has 136 valence electrons. The maximum absolute atomic E-state index is 12.3. The average Bonchev–Trinajstić information content (AvgIpc) is 2.51. The van der Waals surface area contributed by atoms with Crippen LogP contribution in [-0.4, -0.2) is 47.7 Å². The largest absolute Gasteiger partial charge is 0.335 e. The third-order valence-electron chi connectivity index (χ3n) is 3.59. The van der Waals surface area contributed by atoms with E-state index in [4.69, 9.17) is 11.6 Å². The number of rotatable bonds is 7. The molecule has 1 amide bonds. The van der Waals surface area contributed by atoms with Gasteiger partial charge in [0.05, 0.1) is 23.2 Å². The third kappa shape index (κ3) is 5.54. The SMILES string of the molecule is CCCN(Cc1nc2cc(Cl)ccc2c(=O)[nH]1)C(=O)CCS(C)(=O)=O. The van der Waals surface area contributed by atoms with Gasteiger partial charge in [-0.2, -0.15) is 0 Å². The van der Waals surface area contributed by atoms with Crippen molar-refractivity contribution in [2.75, 3.05) is 18.6 Å². The molecule has 25 heavy (non-hydrogen) atoms. The summed E-state index contributed by atoms with van der Waals surface area (Å²) < 4.78 is 22.5. The molecule has 0 unspecified atom stereocenters. The summed E-state index contributed by atoms with van der Waals surface area (Å²) >= 11 is 5.94. The van der Waals surface area contributed by atoms with Crippen molar-refractivity contribution in [1.29, 1.82) is 0 Å². The van der Waals surface area contributed by atoms with Crippen LogP contribution in [0.1, 0.15) is 25.6 Å². The van der Waals surface area contributed by atoms with Gasteiger partial charge in [-0.15, -0.1) is 0 Å². The van der Waals surface area contributed by atoms with E-state index >= 15 is 0 Å². The lowest BCUT2D eigenvalue weighted by Crippen LogP contribution is -2.33. The van der Waals surface area contributed by atoms with Gasteiger partial charge in [-0.25, -0.2) is 13.4 Å². The first-order valence-electron chi connectivity index (χ1n) is 7.83. The predicted octanol–water partition coefficient (Wildman–Crippen LogP) is 1.75. The van der Waals surface area contributed by atoms with Crippen LogP contribution in [0.5, 0.6) is 0 Å². The number of aromatic nitrogens is 2. The van der Waals surface area contributed by atoms with Gasteiger partial charge in [0.15, 0.2) is 0 Å². The fraction of sp³-hybridized carbons (Fsp3) is 0.438. The lowest BCUT2D eigenvalue weighted by atomic mass is 10.2. The highest BCUT2D eigenvalue weighted by molar-refractivity contribution is 7.90. The zero-order valence-electron chi connectivity index (χ0n) is 14.1. The van der Waals surface area contributed by atoms with Crippen LogP contribution in [0.3, 0.4) is 0 Å². The van der Waals surface area contributed by atoms with Gasteiger partial charge in [-0.05, 0) is 24.6 Å². The molecule has 1 aromatic heterocycles. The molecule has 0 aliphatic heterocycles. The molecule has 0 bridgehead atoms. The van der Waals surface area contributed by atoms with Crippen molar-refractivity contribution in [3.05, 3.63) is 39.4 Å². The first-order valence-corrected chi connectivity index (χ1v) is 10.3. The monoisotopic (exact) mass is 385 g/mol. The topological polar surface area (TPSA) is 100 Å². The average molecular weight is 386 g/mol. The summed E-state index contributed by atoms with van der Waals surface area (Å²) in [6.45, 7) is 2.46. The predicted molar refractivity (Wildman–Crippen MR) is 97.4 cm³/mol. The molecule has 0 saturated heterocycles. The van der Waals surface area contributed by atoms with Crippen LogP contribution in [0, 0.1) is 0 Å². The number of nitrogens with one attached hydrogen (secondary N) is 1. The molecule has 9 heteroatoms. The Morgan fingerprint density at radius 1 is 1.36 bits per heavy atom. The molecule has 1 heterocycles. The van der Waals surface area contributed by atoms with Gasteiger partial charge in [0.2, 0.25) is 5.91 Å². The van der Waals surface area contributed by atoms with Crippen LogP contribution < -0.4 is 5.56 Å². The Morgan fingerprint density at radius 2 is 2.08 bits per heavy atom. The number of fused-ring (bicyclic) bond motifs is 1. The molecular formula is C16H20ClN3O4S. The van der Waals surface area contributed by atoms with Gasteiger partial charge in [0, 0.05) is 24.2 Å². The van der Waals surface area contributed by atoms with E-state index in [1.807, 2.05) is 6.92 Å². The summed E-state index contributed by atoms with van der Waals surface area (Å²) in [6, 6.07) is 4.79. The summed E-state index contributed by atoms with van der Waals surface area (Å²) in [5, 5.41) is 0.879. The highest BCUT2D eigenvalue weighted by Gasteiger charge is 2.17. The minimum atomic E-state index is -3.22. The van der Waals surface area contributed by atoms with Gasteiger partial charge in [0.25, 0.3) is 5.56 Å². The van der Waals surface area contributed by atoms with Crippen LogP contribution in [0.4, 0.5) is 0 Å². The highest BCUT2D eigenvalue weighted by Crippen LogP contribution is 2.15. The second kappa shape index (κ2) is 7.97. The van der Waals surface area contributed by atoms with Gasteiger partial charge < -0.3 is 9.88 Å². The minimum Gasteiger partial charge on any atom is -0.335 e. The van der Waals surface area contributed by atoms with Crippen molar-refractivity contribution in [3.8, 4) is 0 Å². The number of nitrogens with zero attached hydrogens (tertiary/aromatic N) is 2. The number of aromatic amines is 1. The lowest BCUT2D eigenvalue weighted by molar-refractivity contribution is -0.131. The van der Waals surface area contributed by atoms with Crippen LogP contribution in [-0.2, 0) is 21.2 Å². The van der Waals surface area contributed by atoms with Crippen molar-refractivity contribution in [2.45, 2.75) is 26.3 Å². The Bertz CT molecular complexity index is 940. The maximum Gasteiger partial charge on any atom is 0.258 e. The normalized spacial score (nSPS) is 11.6. The van der Waals surface area contributed by atoms with Gasteiger partial charge in [0.1, 0.15) is 15.7 Å². The number of carbonyl (C=O) groups is 1. The molecule has 0 aliphatic rings. The lowest BCUT2D eigenvalue weighted by Gasteiger charge is -2.21. The van der Waals surface area contributed by atoms with E-state index in [0.29, 0.717) is 34.7 Å². The number of carbonyl (C=O) groups excluding carboxylic acids is 1. The Morgan fingerprint density at radius 3 is 2.72 bits per heavy atom. The Kier molecular flexibility index (Phi) is 6.18. The van der Waals surface area contributed by atoms with Crippen LogP contribution in [0.15, 0.2) is 23.0 Å². The minimum absolute atomic E-state index is 0.0948. The van der Waals surface area contributed by atoms with E-state index in [0.717, 1.165) is 6.26 Å². The van der Waals surface area contributed by atoms with Crippen LogP contribution in [0.2, 0.25) is 5.02 Å². The zero-order valence-corrected chi connectivity index (χ0v) is 15.7. The molecule has 0 saturated carbocycles. The summed E-state index contributed by atoms with van der Waals surface area (Å²) in [6.07, 6.45) is 1.70. The van der Waals surface area contributed by atoms with Crippen molar-refractivity contribution < 1.29 is 13.2 Å². The summed E-state index contributed by atoms with van der Waals surface area (Å²) in [5.74, 6) is -0.161. The van der Waals surface area contributed by atoms with Crippen molar-refractivity contribution in [3.63, 3.8) is 0 Å². The standard InChI is InChI=1S/C16H20ClN3O4S/c1-3-7-20(15(21)6-8-25(2,23)24)10-14-18-13-9-11(17)4-5-12(13)16(22)19-14/h4-5,9H,3,6-8,10H2,1-2H3,(H,18,19,22). The number of hydrogen-bond acceptors (Lipinski definition) is 5. The van der Waals surface area contributed by atoms with E-state index in [-0.39, 0.29) is 30.2 Å². The Labute approximate surface area is 150 Å². The summed E-state index contributed by atoms with van der Waals surface area (Å²) in [7, 11) is -3.22.